The van der Waals surface area contributed by atoms with Crippen molar-refractivity contribution in [3.63, 3.8) is 0 Å². The summed E-state index contributed by atoms with van der Waals surface area (Å²) in [5, 5.41) is 22.1. The van der Waals surface area contributed by atoms with Gasteiger partial charge in [-0.1, -0.05) is 0 Å². The van der Waals surface area contributed by atoms with Gasteiger partial charge in [0.1, 0.15) is 17.5 Å². The predicted octanol–water partition coefficient (Wildman–Crippen LogP) is 2.84. The maximum Gasteiger partial charge on any atom is 0.264 e. The van der Waals surface area contributed by atoms with Crippen LogP contribution in [0.5, 0.6) is 0 Å². The third-order valence-corrected chi connectivity index (χ3v) is 5.67. The molecule has 2 atom stereocenters. The summed E-state index contributed by atoms with van der Waals surface area (Å²) < 4.78 is 29.2. The second-order valence-electron chi connectivity index (χ2n) is 6.83. The molecule has 8 nitrogen and oxygen atoms in total. The standard InChI is InChI=1S/C18H17F2N7OS/c19-18(20)4-1-2-12(15(18)22)24-14-3-5-27-16(26-14)11(7-23-27)17(28)25-13-9-29-8-10(13)6-21/h3,5,7-9,12,15H,1-2,4,22H2,(H,24,26)(H,25,28)/t12-,15-/m1/s1. The Morgan fingerprint density at radius 3 is 3.07 bits per heavy atom. The number of halogens is 2. The van der Waals surface area contributed by atoms with E-state index in [4.69, 9.17) is 11.0 Å². The zero-order valence-corrected chi connectivity index (χ0v) is 15.9. The molecule has 11 heteroatoms. The number of carbonyl (C=O) groups is 1. The van der Waals surface area contributed by atoms with Gasteiger partial charge in [-0.3, -0.25) is 4.79 Å². The van der Waals surface area contributed by atoms with Gasteiger partial charge in [0.25, 0.3) is 11.8 Å². The SMILES string of the molecule is N#Cc1cscc1NC(=O)c1cnn2ccc(N[C@@H]3CCCC(F)(F)[C@@H]3N)nc12. The Balaban J connectivity index is 1.58. The summed E-state index contributed by atoms with van der Waals surface area (Å²) in [5.74, 6) is -3.07. The van der Waals surface area contributed by atoms with Crippen molar-refractivity contribution >= 4 is 34.4 Å². The lowest BCUT2D eigenvalue weighted by molar-refractivity contribution is -0.0554. The average Bonchev–Trinajstić information content (AvgIpc) is 3.31. The van der Waals surface area contributed by atoms with Gasteiger partial charge in [-0.05, 0) is 18.9 Å². The van der Waals surface area contributed by atoms with Crippen LogP contribution in [0.1, 0.15) is 35.2 Å². The number of alkyl halides is 2. The second-order valence-corrected chi connectivity index (χ2v) is 7.58. The van der Waals surface area contributed by atoms with Crippen molar-refractivity contribution in [2.75, 3.05) is 10.6 Å². The molecular weight excluding hydrogens is 400 g/mol. The lowest BCUT2D eigenvalue weighted by Crippen LogP contribution is -2.55. The van der Waals surface area contributed by atoms with Gasteiger partial charge in [0, 0.05) is 29.4 Å². The van der Waals surface area contributed by atoms with Crippen LogP contribution in [0.25, 0.3) is 5.65 Å². The number of nitrogens with one attached hydrogen (secondary N) is 2. The highest BCUT2D eigenvalue weighted by Gasteiger charge is 2.44. The molecular formula is C18H17F2N7OS. The molecule has 29 heavy (non-hydrogen) atoms. The van der Waals surface area contributed by atoms with Crippen LogP contribution in [-0.2, 0) is 0 Å². The van der Waals surface area contributed by atoms with Crippen LogP contribution in [0.15, 0.2) is 29.2 Å². The van der Waals surface area contributed by atoms with Crippen LogP contribution < -0.4 is 16.4 Å². The highest BCUT2D eigenvalue weighted by atomic mass is 32.1. The molecule has 1 aliphatic rings. The van der Waals surface area contributed by atoms with Crippen LogP contribution in [0.2, 0.25) is 0 Å². The number of nitriles is 1. The summed E-state index contributed by atoms with van der Waals surface area (Å²) in [5.41, 5.74) is 6.96. The Hall–Kier alpha value is -3.10. The van der Waals surface area contributed by atoms with E-state index in [1.807, 2.05) is 6.07 Å². The van der Waals surface area contributed by atoms with Crippen LogP contribution in [0.4, 0.5) is 20.3 Å². The number of fused-ring (bicyclic) bond motifs is 1. The molecule has 3 aromatic heterocycles. The molecule has 4 N–H and O–H groups in total. The molecule has 0 aliphatic heterocycles. The minimum atomic E-state index is -2.93. The first kappa shape index (κ1) is 19.2. The average molecular weight is 417 g/mol. The number of amides is 1. The summed E-state index contributed by atoms with van der Waals surface area (Å²) in [6.07, 6.45) is 3.59. The summed E-state index contributed by atoms with van der Waals surface area (Å²) in [6.45, 7) is 0. The molecule has 3 aromatic rings. The molecule has 0 bridgehead atoms. The van der Waals surface area contributed by atoms with Crippen LogP contribution in [0, 0.1) is 11.3 Å². The Labute approximate surface area is 168 Å². The number of hydrogen-bond donors (Lipinski definition) is 3. The monoisotopic (exact) mass is 417 g/mol. The van der Waals surface area contributed by atoms with E-state index in [0.29, 0.717) is 29.9 Å². The van der Waals surface area contributed by atoms with Gasteiger partial charge < -0.3 is 16.4 Å². The fourth-order valence-electron chi connectivity index (χ4n) is 3.33. The fraction of sp³-hybridized carbons (Fsp3) is 0.333. The molecule has 150 valence electrons. The van der Waals surface area contributed by atoms with Gasteiger partial charge in [0.15, 0.2) is 5.65 Å². The largest absolute Gasteiger partial charge is 0.365 e. The maximum absolute atomic E-state index is 13.9. The molecule has 4 rings (SSSR count). The minimum Gasteiger partial charge on any atom is -0.365 e. The van der Waals surface area contributed by atoms with E-state index in [1.165, 1.54) is 22.0 Å². The third kappa shape index (κ3) is 3.64. The third-order valence-electron chi connectivity index (χ3n) is 4.92. The Morgan fingerprint density at radius 2 is 2.28 bits per heavy atom. The van der Waals surface area contributed by atoms with E-state index >= 15 is 0 Å². The summed E-state index contributed by atoms with van der Waals surface area (Å²) in [7, 11) is 0. The molecule has 0 radical (unpaired) electrons. The van der Waals surface area contributed by atoms with E-state index < -0.39 is 23.9 Å². The quantitative estimate of drug-likeness (QED) is 0.600. The second kappa shape index (κ2) is 7.38. The number of nitrogens with zero attached hydrogens (tertiary/aromatic N) is 4. The number of nitrogens with two attached hydrogens (primary N) is 1. The van der Waals surface area contributed by atoms with Crippen molar-refractivity contribution in [2.24, 2.45) is 5.73 Å². The van der Waals surface area contributed by atoms with E-state index in [-0.39, 0.29) is 17.6 Å². The highest BCUT2D eigenvalue weighted by Crippen LogP contribution is 2.33. The minimum absolute atomic E-state index is 0.196. The molecule has 1 fully saturated rings. The van der Waals surface area contributed by atoms with Gasteiger partial charge in [-0.2, -0.15) is 10.4 Å². The molecule has 0 spiro atoms. The molecule has 0 unspecified atom stereocenters. The maximum atomic E-state index is 13.9. The van der Waals surface area contributed by atoms with Crippen molar-refractivity contribution < 1.29 is 13.6 Å². The predicted molar refractivity (Wildman–Crippen MR) is 104 cm³/mol. The number of carbonyl (C=O) groups excluding carboxylic acids is 1. The van der Waals surface area contributed by atoms with E-state index in [2.05, 4.69) is 20.7 Å². The van der Waals surface area contributed by atoms with Gasteiger partial charge in [-0.25, -0.2) is 18.3 Å². The van der Waals surface area contributed by atoms with Crippen LogP contribution >= 0.6 is 11.3 Å². The normalized spacial score (nSPS) is 20.9. The van der Waals surface area contributed by atoms with E-state index in [9.17, 15) is 13.6 Å². The molecule has 3 heterocycles. The first-order chi connectivity index (χ1) is 13.9. The lowest BCUT2D eigenvalue weighted by atomic mass is 9.87. The Morgan fingerprint density at radius 1 is 1.45 bits per heavy atom. The fourth-order valence-corrected chi connectivity index (χ4v) is 4.04. The first-order valence-electron chi connectivity index (χ1n) is 8.91. The van der Waals surface area contributed by atoms with Gasteiger partial charge in [-0.15, -0.1) is 11.3 Å². The van der Waals surface area contributed by atoms with Crippen molar-refractivity contribution in [2.45, 2.75) is 37.3 Å². The zero-order valence-electron chi connectivity index (χ0n) is 15.1. The summed E-state index contributed by atoms with van der Waals surface area (Å²) in [6, 6.07) is 1.65. The molecule has 0 saturated heterocycles. The van der Waals surface area contributed by atoms with Gasteiger partial charge in [0.05, 0.1) is 23.5 Å². The number of anilines is 2. The summed E-state index contributed by atoms with van der Waals surface area (Å²) in [4.78, 5) is 17.0. The van der Waals surface area contributed by atoms with Gasteiger partial charge >= 0.3 is 0 Å². The van der Waals surface area contributed by atoms with Crippen molar-refractivity contribution in [1.29, 1.82) is 5.26 Å². The highest BCUT2D eigenvalue weighted by molar-refractivity contribution is 7.08. The van der Waals surface area contributed by atoms with Crippen LogP contribution in [-0.4, -0.2) is 38.5 Å². The lowest BCUT2D eigenvalue weighted by Gasteiger charge is -2.36. The molecule has 1 amide bonds. The Bertz CT molecular complexity index is 1100. The van der Waals surface area contributed by atoms with Gasteiger partial charge in [0.2, 0.25) is 0 Å². The van der Waals surface area contributed by atoms with Crippen molar-refractivity contribution in [1.82, 2.24) is 14.6 Å². The van der Waals surface area contributed by atoms with Crippen molar-refractivity contribution in [3.8, 4) is 6.07 Å². The molecule has 0 aromatic carbocycles. The van der Waals surface area contributed by atoms with E-state index in [1.54, 1.807) is 23.0 Å². The number of thiophene rings is 1. The Kier molecular flexibility index (Phi) is 4.89. The summed E-state index contributed by atoms with van der Waals surface area (Å²) >= 11 is 1.30. The number of aromatic nitrogens is 3. The molecule has 1 saturated carbocycles. The van der Waals surface area contributed by atoms with E-state index in [0.717, 1.165) is 0 Å². The van der Waals surface area contributed by atoms with Crippen molar-refractivity contribution in [3.05, 3.63) is 40.3 Å². The topological polar surface area (TPSA) is 121 Å². The smallest absolute Gasteiger partial charge is 0.264 e. The molecule has 1 aliphatic carbocycles. The number of hydrogen-bond acceptors (Lipinski definition) is 7. The number of rotatable bonds is 4. The van der Waals surface area contributed by atoms with Crippen LogP contribution in [0.3, 0.4) is 0 Å². The zero-order chi connectivity index (χ0) is 20.6. The first-order valence-corrected chi connectivity index (χ1v) is 9.85.